The summed E-state index contributed by atoms with van der Waals surface area (Å²) >= 11 is 0. The highest BCUT2D eigenvalue weighted by Gasteiger charge is 2.05. The molecule has 12 heavy (non-hydrogen) atoms. The molecule has 0 bridgehead atoms. The van der Waals surface area contributed by atoms with Gasteiger partial charge in [0.1, 0.15) is 11.5 Å². The van der Waals surface area contributed by atoms with E-state index in [-0.39, 0.29) is 17.5 Å². The Morgan fingerprint density at radius 2 is 2.17 bits per heavy atom. The van der Waals surface area contributed by atoms with E-state index < -0.39 is 5.56 Å². The van der Waals surface area contributed by atoms with Crippen LogP contribution in [0.4, 0.5) is 17.5 Å². The number of carbonyl (C=O) groups is 1. The Morgan fingerprint density at radius 3 is 2.67 bits per heavy atom. The van der Waals surface area contributed by atoms with Gasteiger partial charge in [-0.25, -0.2) is 0 Å². The van der Waals surface area contributed by atoms with E-state index in [4.69, 9.17) is 11.5 Å². The zero-order chi connectivity index (χ0) is 9.14. The fourth-order valence-corrected chi connectivity index (χ4v) is 0.707. The van der Waals surface area contributed by atoms with Gasteiger partial charge in [0, 0.05) is 0 Å². The van der Waals surface area contributed by atoms with E-state index in [1.54, 1.807) is 0 Å². The van der Waals surface area contributed by atoms with Gasteiger partial charge in [-0.2, -0.15) is 4.98 Å². The maximum Gasteiger partial charge on any atom is 0.300 e. The van der Waals surface area contributed by atoms with E-state index in [2.05, 4.69) is 15.3 Å². The molecule has 0 aliphatic carbocycles. The lowest BCUT2D eigenvalue weighted by molar-refractivity contribution is -0.105. The fraction of sp³-hybridized carbons (Fsp3) is 0. The first-order valence-electron chi connectivity index (χ1n) is 3.00. The first-order valence-corrected chi connectivity index (χ1v) is 3.00. The molecule has 0 atom stereocenters. The Bertz CT molecular complexity index is 357. The summed E-state index contributed by atoms with van der Waals surface area (Å²) in [5, 5.41) is 2.10. The van der Waals surface area contributed by atoms with Crippen molar-refractivity contribution in [2.45, 2.75) is 0 Å². The third-order valence-electron chi connectivity index (χ3n) is 1.17. The maximum atomic E-state index is 10.9. The minimum atomic E-state index is -0.671. The van der Waals surface area contributed by atoms with Gasteiger partial charge < -0.3 is 21.8 Å². The summed E-state index contributed by atoms with van der Waals surface area (Å²) in [6.07, 6.45) is 0.332. The fourth-order valence-electron chi connectivity index (χ4n) is 0.707. The second kappa shape index (κ2) is 2.91. The Kier molecular flexibility index (Phi) is 1.95. The first-order chi connectivity index (χ1) is 5.65. The number of nitrogens with one attached hydrogen (secondary N) is 2. The smallest absolute Gasteiger partial charge is 0.300 e. The minimum absolute atomic E-state index is 0.0143. The average molecular weight is 169 g/mol. The third kappa shape index (κ3) is 1.34. The Morgan fingerprint density at radius 1 is 1.50 bits per heavy atom. The molecule has 0 aliphatic rings. The van der Waals surface area contributed by atoms with E-state index in [0.717, 1.165) is 0 Å². The number of hydrogen-bond acceptors (Lipinski definition) is 5. The van der Waals surface area contributed by atoms with E-state index in [1.165, 1.54) is 0 Å². The molecule has 0 saturated carbocycles. The van der Waals surface area contributed by atoms with Crippen LogP contribution in [0.25, 0.3) is 0 Å². The van der Waals surface area contributed by atoms with Gasteiger partial charge in [-0.1, -0.05) is 0 Å². The van der Waals surface area contributed by atoms with Crippen molar-refractivity contribution in [3.63, 3.8) is 0 Å². The molecule has 7 heteroatoms. The maximum absolute atomic E-state index is 10.9. The molecule has 1 heterocycles. The van der Waals surface area contributed by atoms with Crippen molar-refractivity contribution in [3.8, 4) is 0 Å². The molecule has 64 valence electrons. The van der Waals surface area contributed by atoms with Crippen LogP contribution in [0.5, 0.6) is 0 Å². The van der Waals surface area contributed by atoms with E-state index in [9.17, 15) is 9.59 Å². The topological polar surface area (TPSA) is 127 Å². The monoisotopic (exact) mass is 169 g/mol. The number of rotatable bonds is 2. The van der Waals surface area contributed by atoms with E-state index in [1.807, 2.05) is 0 Å². The van der Waals surface area contributed by atoms with Crippen LogP contribution in [-0.4, -0.2) is 16.4 Å². The molecule has 0 aromatic carbocycles. The van der Waals surface area contributed by atoms with Crippen molar-refractivity contribution in [1.82, 2.24) is 9.97 Å². The normalized spacial score (nSPS) is 9.33. The lowest BCUT2D eigenvalue weighted by Gasteiger charge is -2.01. The summed E-state index contributed by atoms with van der Waals surface area (Å²) in [7, 11) is 0. The highest BCUT2D eigenvalue weighted by Crippen LogP contribution is 2.07. The quantitative estimate of drug-likeness (QED) is 0.401. The van der Waals surface area contributed by atoms with Crippen LogP contribution in [-0.2, 0) is 4.79 Å². The van der Waals surface area contributed by atoms with Gasteiger partial charge in [0.15, 0.2) is 0 Å². The van der Waals surface area contributed by atoms with Crippen LogP contribution in [0, 0.1) is 0 Å². The molecule has 0 aliphatic heterocycles. The van der Waals surface area contributed by atoms with Crippen LogP contribution in [0.15, 0.2) is 4.79 Å². The lowest BCUT2D eigenvalue weighted by atomic mass is 10.5. The van der Waals surface area contributed by atoms with Crippen molar-refractivity contribution >= 4 is 23.9 Å². The molecule has 1 aromatic heterocycles. The SMILES string of the molecule is Nc1nc(=O)c(NC=O)c(N)[nH]1. The van der Waals surface area contributed by atoms with Crippen molar-refractivity contribution in [1.29, 1.82) is 0 Å². The number of amides is 1. The van der Waals surface area contributed by atoms with Crippen molar-refractivity contribution in [2.75, 3.05) is 16.8 Å². The highest BCUT2D eigenvalue weighted by molar-refractivity contribution is 5.77. The summed E-state index contributed by atoms with van der Waals surface area (Å²) in [6, 6.07) is 0. The summed E-state index contributed by atoms with van der Waals surface area (Å²) in [4.78, 5) is 26.6. The second-order valence-electron chi connectivity index (χ2n) is 1.98. The third-order valence-corrected chi connectivity index (χ3v) is 1.17. The van der Waals surface area contributed by atoms with Crippen LogP contribution in [0.1, 0.15) is 0 Å². The van der Waals surface area contributed by atoms with Crippen molar-refractivity contribution in [3.05, 3.63) is 10.4 Å². The molecule has 6 N–H and O–H groups in total. The van der Waals surface area contributed by atoms with Crippen molar-refractivity contribution in [2.24, 2.45) is 0 Å². The molecule has 1 aromatic rings. The van der Waals surface area contributed by atoms with Gasteiger partial charge in [-0.05, 0) is 0 Å². The Labute approximate surface area is 66.8 Å². The predicted octanol–water partition coefficient (Wildman–Crippen LogP) is -1.50. The first kappa shape index (κ1) is 8.05. The number of H-pyrrole nitrogens is 1. The van der Waals surface area contributed by atoms with Crippen LogP contribution >= 0.6 is 0 Å². The number of hydrogen-bond donors (Lipinski definition) is 4. The summed E-state index contributed by atoms with van der Waals surface area (Å²) in [5.41, 5.74) is 9.70. The number of anilines is 3. The van der Waals surface area contributed by atoms with Gasteiger partial charge >= 0.3 is 0 Å². The van der Waals surface area contributed by atoms with Gasteiger partial charge in [0.2, 0.25) is 12.4 Å². The summed E-state index contributed by atoms with van der Waals surface area (Å²) < 4.78 is 0. The van der Waals surface area contributed by atoms with E-state index in [0.29, 0.717) is 6.41 Å². The number of aromatic amines is 1. The molecule has 7 nitrogen and oxygen atoms in total. The second-order valence-corrected chi connectivity index (χ2v) is 1.98. The van der Waals surface area contributed by atoms with E-state index >= 15 is 0 Å². The molecule has 1 rings (SSSR count). The number of nitrogen functional groups attached to an aromatic ring is 2. The molecule has 0 spiro atoms. The average Bonchev–Trinajstić information content (AvgIpc) is 1.96. The van der Waals surface area contributed by atoms with Crippen LogP contribution in [0.2, 0.25) is 0 Å². The molecular formula is C5H7N5O2. The number of nitrogens with zero attached hydrogens (tertiary/aromatic N) is 1. The molecule has 0 unspecified atom stereocenters. The molecule has 0 radical (unpaired) electrons. The Balaban J connectivity index is 3.28. The number of carbonyl (C=O) groups excluding carboxylic acids is 1. The molecule has 0 fully saturated rings. The van der Waals surface area contributed by atoms with Crippen LogP contribution in [0.3, 0.4) is 0 Å². The van der Waals surface area contributed by atoms with Crippen LogP contribution < -0.4 is 22.3 Å². The predicted molar refractivity (Wildman–Crippen MR) is 43.4 cm³/mol. The van der Waals surface area contributed by atoms with Gasteiger partial charge in [-0.3, -0.25) is 9.59 Å². The summed E-state index contributed by atoms with van der Waals surface area (Å²) in [6.45, 7) is 0. The highest BCUT2D eigenvalue weighted by atomic mass is 16.1. The minimum Gasteiger partial charge on any atom is -0.383 e. The molecule has 1 amide bonds. The van der Waals surface area contributed by atoms with Crippen molar-refractivity contribution < 1.29 is 4.79 Å². The zero-order valence-corrected chi connectivity index (χ0v) is 6.00. The van der Waals surface area contributed by atoms with Gasteiger partial charge in [0.05, 0.1) is 0 Å². The zero-order valence-electron chi connectivity index (χ0n) is 6.00. The largest absolute Gasteiger partial charge is 0.383 e. The number of nitrogens with two attached hydrogens (primary N) is 2. The standard InChI is InChI=1S/C5H7N5O2/c6-3-2(8-1-11)4(12)10-5(7)9-3/h1H,(H,8,11)(H5,6,7,9,10,12). The lowest BCUT2D eigenvalue weighted by Crippen LogP contribution is -2.18. The summed E-state index contributed by atoms with van der Waals surface area (Å²) in [5.74, 6) is -0.103. The van der Waals surface area contributed by atoms with Gasteiger partial charge in [0.25, 0.3) is 5.56 Å². The molecular weight excluding hydrogens is 162 g/mol. The molecule has 0 saturated heterocycles. The Hall–Kier alpha value is -2.05. The number of aromatic nitrogens is 2. The van der Waals surface area contributed by atoms with Gasteiger partial charge in [-0.15, -0.1) is 0 Å².